The molecule has 3 atom stereocenters. The molecule has 1 aromatic carbocycles. The number of hydrogen-bond donors (Lipinski definition) is 2. The van der Waals surface area contributed by atoms with Gasteiger partial charge in [0, 0.05) is 6.04 Å². The lowest BCUT2D eigenvalue weighted by molar-refractivity contribution is -0.141. The topological polar surface area (TPSA) is 81.1 Å². The number of rotatable bonds is 12. The van der Waals surface area contributed by atoms with Crippen molar-refractivity contribution in [2.75, 3.05) is 18.0 Å². The van der Waals surface area contributed by atoms with Crippen LogP contribution in [0.4, 0.5) is 5.69 Å². The van der Waals surface area contributed by atoms with Crippen LogP contribution in [0.5, 0.6) is 0 Å². The second-order valence-corrected chi connectivity index (χ2v) is 10.0. The van der Waals surface area contributed by atoms with Crippen LogP contribution in [-0.2, 0) is 15.0 Å². The van der Waals surface area contributed by atoms with Gasteiger partial charge in [0.05, 0.1) is 29.3 Å². The highest BCUT2D eigenvalue weighted by Gasteiger charge is 2.55. The Hall–Kier alpha value is -3.44. The number of anilines is 1. The largest absolute Gasteiger partial charge is 0.481 e. The molecule has 0 saturated carbocycles. The summed E-state index contributed by atoms with van der Waals surface area (Å²) < 4.78 is 0. The number of amides is 1. The lowest BCUT2D eigenvalue weighted by Gasteiger charge is -2.45. The molecule has 1 spiro atoms. The summed E-state index contributed by atoms with van der Waals surface area (Å²) in [6, 6.07) is 7.42. The first-order valence-electron chi connectivity index (χ1n) is 14.0. The lowest BCUT2D eigenvalue weighted by atomic mass is 9.70. The van der Waals surface area contributed by atoms with Crippen molar-refractivity contribution in [3.05, 3.63) is 95.9 Å². The van der Waals surface area contributed by atoms with E-state index in [2.05, 4.69) is 34.9 Å². The smallest absolute Gasteiger partial charge is 0.306 e. The van der Waals surface area contributed by atoms with Gasteiger partial charge in [-0.2, -0.15) is 0 Å². The number of aliphatic carboxylic acids is 1. The van der Waals surface area contributed by atoms with Crippen LogP contribution in [0, 0.1) is 0 Å². The molecule has 2 aliphatic rings. The molecule has 1 saturated heterocycles. The number of allylic oxidation sites excluding steroid dienone is 8. The summed E-state index contributed by atoms with van der Waals surface area (Å²) in [5.74, 6) is -1.08. The average Bonchev–Trinajstić information content (AvgIpc) is 3.16. The Balaban J connectivity index is 1.97. The van der Waals surface area contributed by atoms with Gasteiger partial charge in [0.2, 0.25) is 5.91 Å². The minimum absolute atomic E-state index is 0.0421. The Morgan fingerprint density at radius 3 is 2.59 bits per heavy atom. The number of likely N-dealkylation sites (N-methyl/N-ethyl adjacent to an activating group) is 1. The number of piperidine rings is 1. The predicted octanol–water partition coefficient (Wildman–Crippen LogP) is 6.06. The van der Waals surface area contributed by atoms with E-state index in [9.17, 15) is 19.8 Å². The second kappa shape index (κ2) is 14.6. The molecule has 6 nitrogen and oxygen atoms in total. The molecule has 0 bridgehead atoms. The van der Waals surface area contributed by atoms with Gasteiger partial charge in [-0.3, -0.25) is 19.4 Å². The number of para-hydroxylation sites is 1. The monoisotopic (exact) mass is 530 g/mol. The molecular weight excluding hydrogens is 488 g/mol. The van der Waals surface area contributed by atoms with Gasteiger partial charge >= 0.3 is 5.97 Å². The van der Waals surface area contributed by atoms with Gasteiger partial charge in [-0.25, -0.2) is 0 Å². The summed E-state index contributed by atoms with van der Waals surface area (Å²) >= 11 is 0. The van der Waals surface area contributed by atoms with Gasteiger partial charge < -0.3 is 10.2 Å². The second-order valence-electron chi connectivity index (χ2n) is 10.0. The van der Waals surface area contributed by atoms with E-state index in [0.29, 0.717) is 31.6 Å². The number of carboxylic acids is 1. The number of fused-ring (bicyclic) bond motifs is 2. The van der Waals surface area contributed by atoms with Crippen molar-refractivity contribution in [2.45, 2.75) is 76.9 Å². The van der Waals surface area contributed by atoms with Gasteiger partial charge in [-0.15, -0.1) is 0 Å². The van der Waals surface area contributed by atoms with E-state index in [0.717, 1.165) is 30.5 Å². The molecule has 2 heterocycles. The van der Waals surface area contributed by atoms with Gasteiger partial charge in [0.25, 0.3) is 0 Å². The molecule has 208 valence electrons. The molecule has 2 N–H and O–H groups in total. The van der Waals surface area contributed by atoms with E-state index in [1.807, 2.05) is 75.4 Å². The Morgan fingerprint density at radius 1 is 1.15 bits per heavy atom. The molecule has 1 amide bonds. The number of carboxylic acid groups (broad SMARTS) is 1. The fourth-order valence-corrected chi connectivity index (χ4v) is 5.55. The number of carbonyl (C=O) groups is 2. The van der Waals surface area contributed by atoms with Crippen molar-refractivity contribution < 1.29 is 19.8 Å². The van der Waals surface area contributed by atoms with Crippen LogP contribution >= 0.6 is 0 Å². The third kappa shape index (κ3) is 7.15. The molecule has 1 aromatic rings. The van der Waals surface area contributed by atoms with Crippen molar-refractivity contribution >= 4 is 17.6 Å². The summed E-state index contributed by atoms with van der Waals surface area (Å²) in [7, 11) is 0. The van der Waals surface area contributed by atoms with Crippen LogP contribution in [-0.4, -0.2) is 52.2 Å². The first-order valence-corrected chi connectivity index (χ1v) is 14.0. The van der Waals surface area contributed by atoms with Gasteiger partial charge in [0.1, 0.15) is 0 Å². The lowest BCUT2D eigenvalue weighted by Crippen LogP contribution is -2.56. The number of aliphatic hydroxyl groups excluding tert-OH is 1. The Morgan fingerprint density at radius 2 is 1.90 bits per heavy atom. The van der Waals surface area contributed by atoms with Crippen LogP contribution in [0.2, 0.25) is 0 Å². The summed E-state index contributed by atoms with van der Waals surface area (Å²) in [6.45, 7) is 7.35. The van der Waals surface area contributed by atoms with Crippen LogP contribution in [0.25, 0.3) is 0 Å². The summed E-state index contributed by atoms with van der Waals surface area (Å²) in [6.07, 6.45) is 20.3. The standard InChI is InChI=1S/C33H42N2O4/c1-4-7-9-10-11-12-13-14-15-19-26(18-8-5-2)35-28-21-17-16-20-27(28)33(32(35)39)22-23-34(6-3)29(25-33)30(36)24-31(37)38/h4,7-8,10-11,13-18,20-21,29-30,36H,5-6,9,12,22-25H2,1-3H3,(H,37,38)/b7-4-,11-10-,14-13+,18-8-. The molecular formula is C33H42N2O4. The maximum Gasteiger partial charge on any atom is 0.306 e. The van der Waals surface area contributed by atoms with Gasteiger partial charge in [-0.05, 0) is 75.9 Å². The molecule has 2 aliphatic heterocycles. The molecule has 0 aliphatic carbocycles. The van der Waals surface area contributed by atoms with Gasteiger partial charge in [-0.1, -0.05) is 80.3 Å². The van der Waals surface area contributed by atoms with E-state index in [1.165, 1.54) is 0 Å². The van der Waals surface area contributed by atoms with Gasteiger partial charge in [0.15, 0.2) is 0 Å². The van der Waals surface area contributed by atoms with Crippen molar-refractivity contribution in [3.8, 4) is 0 Å². The highest BCUT2D eigenvalue weighted by atomic mass is 16.4. The minimum atomic E-state index is -1.05. The van der Waals surface area contributed by atoms with Crippen LogP contribution in [0.1, 0.15) is 64.9 Å². The van der Waals surface area contributed by atoms with E-state index >= 15 is 0 Å². The number of benzene rings is 1. The van der Waals surface area contributed by atoms with Crippen molar-refractivity contribution in [3.63, 3.8) is 0 Å². The average molecular weight is 531 g/mol. The fraction of sp³-hybridized carbons (Fsp3) is 0.424. The Labute approximate surface area is 233 Å². The molecule has 3 unspecified atom stereocenters. The Kier molecular flexibility index (Phi) is 11.3. The zero-order chi connectivity index (χ0) is 28.3. The molecule has 39 heavy (non-hydrogen) atoms. The van der Waals surface area contributed by atoms with E-state index in [-0.39, 0.29) is 12.3 Å². The highest BCUT2D eigenvalue weighted by Crippen LogP contribution is 2.51. The third-order valence-electron chi connectivity index (χ3n) is 7.52. The zero-order valence-corrected chi connectivity index (χ0v) is 23.4. The first-order chi connectivity index (χ1) is 18.9. The Bertz CT molecular complexity index is 1190. The van der Waals surface area contributed by atoms with Crippen molar-refractivity contribution in [2.24, 2.45) is 0 Å². The summed E-state index contributed by atoms with van der Waals surface area (Å²) in [4.78, 5) is 29.6. The highest BCUT2D eigenvalue weighted by molar-refractivity contribution is 6.10. The molecule has 1 fully saturated rings. The van der Waals surface area contributed by atoms with Crippen LogP contribution < -0.4 is 4.90 Å². The molecule has 3 rings (SSSR count). The van der Waals surface area contributed by atoms with E-state index in [1.54, 1.807) is 4.90 Å². The molecule has 6 heteroatoms. The normalized spacial score (nSPS) is 22.4. The van der Waals surface area contributed by atoms with E-state index < -0.39 is 23.5 Å². The maximum absolute atomic E-state index is 14.4. The predicted molar refractivity (Wildman–Crippen MR) is 157 cm³/mol. The van der Waals surface area contributed by atoms with E-state index in [4.69, 9.17) is 0 Å². The van der Waals surface area contributed by atoms with Crippen molar-refractivity contribution in [1.29, 1.82) is 0 Å². The first kappa shape index (κ1) is 30.1. The molecule has 0 radical (unpaired) electrons. The zero-order valence-electron chi connectivity index (χ0n) is 23.4. The van der Waals surface area contributed by atoms with Crippen LogP contribution in [0.3, 0.4) is 0 Å². The van der Waals surface area contributed by atoms with Crippen molar-refractivity contribution in [1.82, 2.24) is 4.90 Å². The summed E-state index contributed by atoms with van der Waals surface area (Å²) in [5.41, 5.74) is 4.93. The number of nitrogens with zero attached hydrogens (tertiary/aromatic N) is 2. The SMILES string of the molecule is C/C=C\C/C=C\C/C=C/C=C=C(/C=C\CC)N1C(=O)C2(CCN(CC)C(C(O)CC(=O)O)C2)c2ccccc21. The number of aliphatic hydroxyl groups is 1. The third-order valence-corrected chi connectivity index (χ3v) is 7.52. The maximum atomic E-state index is 14.4. The fourth-order valence-electron chi connectivity index (χ4n) is 5.55. The van der Waals surface area contributed by atoms with Crippen LogP contribution in [0.15, 0.2) is 90.4 Å². The number of likely N-dealkylation sites (tertiary alicyclic amines) is 1. The number of carbonyl (C=O) groups excluding carboxylic acids is 1. The summed E-state index contributed by atoms with van der Waals surface area (Å²) in [5, 5.41) is 20.2. The molecule has 0 aromatic heterocycles. The minimum Gasteiger partial charge on any atom is -0.481 e. The quantitative estimate of drug-likeness (QED) is 0.195. The number of hydrogen-bond acceptors (Lipinski definition) is 4.